The quantitative estimate of drug-likeness (QED) is 0.276. The highest BCUT2D eigenvalue weighted by molar-refractivity contribution is 5.85. The Kier molecular flexibility index (Phi) is 7.18. The molecule has 0 spiro atoms. The normalized spacial score (nSPS) is 17.4. The fourth-order valence-electron chi connectivity index (χ4n) is 3.21. The predicted molar refractivity (Wildman–Crippen MR) is 96.2 cm³/mol. The van der Waals surface area contributed by atoms with E-state index in [-0.39, 0.29) is 30.6 Å². The summed E-state index contributed by atoms with van der Waals surface area (Å²) in [6, 6.07) is 3.98. The van der Waals surface area contributed by atoms with E-state index in [9.17, 15) is 14.0 Å². The van der Waals surface area contributed by atoms with Crippen LogP contribution in [0, 0.1) is 11.7 Å². The maximum absolute atomic E-state index is 14.1. The summed E-state index contributed by atoms with van der Waals surface area (Å²) in [4.78, 5) is 26.2. The van der Waals surface area contributed by atoms with Crippen LogP contribution >= 0.6 is 0 Å². The number of nitrogens with zero attached hydrogens (tertiary/aromatic N) is 1. The van der Waals surface area contributed by atoms with E-state index in [0.29, 0.717) is 12.1 Å². The number of likely N-dealkylation sites (tertiary alicyclic amines) is 1. The smallest absolute Gasteiger partial charge is 0.308 e. The molecule has 1 aromatic rings. The number of methoxy groups -OCH3 is 1. The Morgan fingerprint density at radius 3 is 2.85 bits per heavy atom. The van der Waals surface area contributed by atoms with E-state index in [4.69, 9.17) is 9.47 Å². The highest BCUT2D eigenvalue weighted by Gasteiger charge is 2.41. The Hall–Kier alpha value is -2.37. The minimum Gasteiger partial charge on any atom is -0.494 e. The molecular formula is C20H26FNO4. The van der Waals surface area contributed by atoms with Crippen LogP contribution in [0.1, 0.15) is 44.2 Å². The minimum atomic E-state index is -0.530. The van der Waals surface area contributed by atoms with E-state index in [2.05, 4.69) is 6.58 Å². The number of ether oxygens (including phenoxy) is 2. The number of hydrogen-bond acceptors (Lipinski definition) is 4. The first-order chi connectivity index (χ1) is 12.5. The topological polar surface area (TPSA) is 55.8 Å². The number of rotatable bonds is 10. The second-order valence-corrected chi connectivity index (χ2v) is 6.33. The molecule has 0 radical (unpaired) electrons. The number of halogens is 1. The van der Waals surface area contributed by atoms with Crippen molar-refractivity contribution in [2.45, 2.75) is 38.6 Å². The van der Waals surface area contributed by atoms with Gasteiger partial charge in [0.2, 0.25) is 5.91 Å². The minimum absolute atomic E-state index is 0.000382. The number of benzene rings is 1. The predicted octanol–water partition coefficient (Wildman–Crippen LogP) is 3.64. The lowest BCUT2D eigenvalue weighted by Crippen LogP contribution is -2.54. The van der Waals surface area contributed by atoms with Crippen LogP contribution in [0.3, 0.4) is 0 Å². The molecule has 2 rings (SSSR count). The van der Waals surface area contributed by atoms with Gasteiger partial charge in [0.25, 0.3) is 0 Å². The van der Waals surface area contributed by atoms with Gasteiger partial charge < -0.3 is 14.4 Å². The van der Waals surface area contributed by atoms with Crippen LogP contribution in [0.4, 0.5) is 4.39 Å². The summed E-state index contributed by atoms with van der Waals surface area (Å²) in [5.41, 5.74) is 0.564. The molecule has 5 nitrogen and oxygen atoms in total. The van der Waals surface area contributed by atoms with E-state index >= 15 is 0 Å². The second kappa shape index (κ2) is 9.36. The number of β-lactam (4-membered cyclic amide) rings is 1. The first-order valence-electron chi connectivity index (χ1n) is 8.92. The molecule has 1 unspecified atom stereocenters. The fourth-order valence-corrected chi connectivity index (χ4v) is 3.21. The van der Waals surface area contributed by atoms with Gasteiger partial charge in [-0.15, -0.1) is 6.58 Å². The fraction of sp³-hybridized carbons (Fsp3) is 0.500. The Labute approximate surface area is 153 Å². The van der Waals surface area contributed by atoms with Crippen molar-refractivity contribution in [2.75, 3.05) is 20.3 Å². The summed E-state index contributed by atoms with van der Waals surface area (Å²) in [5.74, 6) is -0.839. The number of allylic oxidation sites excluding steroid dienone is 1. The first kappa shape index (κ1) is 19.9. The van der Waals surface area contributed by atoms with Crippen LogP contribution in [0.2, 0.25) is 0 Å². The number of esters is 1. The highest BCUT2D eigenvalue weighted by Crippen LogP contribution is 2.36. The third kappa shape index (κ3) is 4.62. The maximum atomic E-state index is 14.1. The summed E-state index contributed by atoms with van der Waals surface area (Å²) < 4.78 is 24.1. The standard InChI is InChI=1S/C20H26FNO4/c1-4-6-7-8-15-13-22(20(15)24)17(12-19(23)26-5-2)14-9-10-18(25-3)16(21)11-14/h4,9-11,15,17H,1,5-8,12-13H2,2-3H3/t15?,17-/m0/s1. The van der Waals surface area contributed by atoms with E-state index in [0.717, 1.165) is 19.3 Å². The summed E-state index contributed by atoms with van der Waals surface area (Å²) in [7, 11) is 1.39. The van der Waals surface area contributed by atoms with Crippen LogP contribution in [-0.2, 0) is 14.3 Å². The van der Waals surface area contributed by atoms with Gasteiger partial charge >= 0.3 is 5.97 Å². The van der Waals surface area contributed by atoms with Crippen LogP contribution < -0.4 is 4.74 Å². The highest BCUT2D eigenvalue weighted by atomic mass is 19.1. The van der Waals surface area contributed by atoms with Crippen molar-refractivity contribution in [1.29, 1.82) is 0 Å². The molecule has 2 atom stereocenters. The Morgan fingerprint density at radius 2 is 2.27 bits per heavy atom. The average molecular weight is 363 g/mol. The van der Waals surface area contributed by atoms with Crippen LogP contribution in [0.25, 0.3) is 0 Å². The lowest BCUT2D eigenvalue weighted by molar-refractivity contribution is -0.155. The van der Waals surface area contributed by atoms with Gasteiger partial charge in [-0.2, -0.15) is 0 Å². The molecule has 142 valence electrons. The van der Waals surface area contributed by atoms with Crippen molar-refractivity contribution >= 4 is 11.9 Å². The molecule has 1 saturated heterocycles. The van der Waals surface area contributed by atoms with Gasteiger partial charge in [-0.05, 0) is 43.9 Å². The lowest BCUT2D eigenvalue weighted by Gasteiger charge is -2.44. The Morgan fingerprint density at radius 1 is 1.50 bits per heavy atom. The molecule has 0 N–H and O–H groups in total. The summed E-state index contributed by atoms with van der Waals surface area (Å²) in [5, 5.41) is 0. The summed E-state index contributed by atoms with van der Waals surface area (Å²) in [6.07, 6.45) is 4.42. The lowest BCUT2D eigenvalue weighted by atomic mass is 9.88. The zero-order chi connectivity index (χ0) is 19.1. The Bertz CT molecular complexity index is 661. The largest absolute Gasteiger partial charge is 0.494 e. The van der Waals surface area contributed by atoms with Crippen LogP contribution in [0.15, 0.2) is 30.9 Å². The van der Waals surface area contributed by atoms with E-state index in [1.165, 1.54) is 19.2 Å². The van der Waals surface area contributed by atoms with Crippen molar-refractivity contribution in [3.8, 4) is 5.75 Å². The Balaban J connectivity index is 2.15. The molecule has 6 heteroatoms. The molecular weight excluding hydrogens is 337 g/mol. The molecule has 1 fully saturated rings. The molecule has 1 aliphatic heterocycles. The first-order valence-corrected chi connectivity index (χ1v) is 8.92. The molecule has 0 bridgehead atoms. The molecule has 26 heavy (non-hydrogen) atoms. The molecule has 0 saturated carbocycles. The van der Waals surface area contributed by atoms with Crippen LogP contribution in [-0.4, -0.2) is 37.0 Å². The molecule has 1 aliphatic rings. The average Bonchev–Trinajstić information content (AvgIpc) is 2.62. The third-order valence-electron chi connectivity index (χ3n) is 4.61. The van der Waals surface area contributed by atoms with Gasteiger partial charge in [0.05, 0.1) is 32.1 Å². The van der Waals surface area contributed by atoms with Crippen molar-refractivity contribution in [2.24, 2.45) is 5.92 Å². The molecule has 0 aliphatic carbocycles. The zero-order valence-electron chi connectivity index (χ0n) is 15.4. The maximum Gasteiger partial charge on any atom is 0.308 e. The van der Waals surface area contributed by atoms with E-state index in [1.54, 1.807) is 17.9 Å². The van der Waals surface area contributed by atoms with Crippen molar-refractivity contribution in [3.05, 3.63) is 42.2 Å². The summed E-state index contributed by atoms with van der Waals surface area (Å²) in [6.45, 7) is 6.24. The molecule has 1 heterocycles. The van der Waals surface area contributed by atoms with Gasteiger partial charge in [-0.3, -0.25) is 9.59 Å². The third-order valence-corrected chi connectivity index (χ3v) is 4.61. The number of carbonyl (C=O) groups is 2. The van der Waals surface area contributed by atoms with Gasteiger partial charge in [0.15, 0.2) is 11.6 Å². The summed E-state index contributed by atoms with van der Waals surface area (Å²) >= 11 is 0. The van der Waals surface area contributed by atoms with Gasteiger partial charge in [-0.25, -0.2) is 4.39 Å². The van der Waals surface area contributed by atoms with Crippen LogP contribution in [0.5, 0.6) is 5.75 Å². The van der Waals surface area contributed by atoms with E-state index < -0.39 is 17.8 Å². The number of hydrogen-bond donors (Lipinski definition) is 0. The zero-order valence-corrected chi connectivity index (χ0v) is 15.4. The number of unbranched alkanes of at least 4 members (excludes halogenated alkanes) is 1. The molecule has 1 amide bonds. The number of carbonyl (C=O) groups excluding carboxylic acids is 2. The SMILES string of the molecule is C=CCCCC1CN([C@@H](CC(=O)OCC)c2ccc(OC)c(F)c2)C1=O. The number of amides is 1. The van der Waals surface area contributed by atoms with Gasteiger partial charge in [0, 0.05) is 6.54 Å². The monoisotopic (exact) mass is 363 g/mol. The molecule has 0 aromatic heterocycles. The van der Waals surface area contributed by atoms with Crippen molar-refractivity contribution in [1.82, 2.24) is 4.90 Å². The second-order valence-electron chi connectivity index (χ2n) is 6.33. The van der Waals surface area contributed by atoms with Crippen molar-refractivity contribution in [3.63, 3.8) is 0 Å². The van der Waals surface area contributed by atoms with Gasteiger partial charge in [0.1, 0.15) is 0 Å². The van der Waals surface area contributed by atoms with Crippen molar-refractivity contribution < 1.29 is 23.5 Å². The van der Waals surface area contributed by atoms with Gasteiger partial charge in [-0.1, -0.05) is 12.1 Å². The molecule has 1 aromatic carbocycles. The van der Waals surface area contributed by atoms with E-state index in [1.807, 2.05) is 6.08 Å².